The molecule has 2 aromatic rings. The Kier molecular flexibility index (Phi) is 7.54. The number of carbonyl (C=O) groups is 1. The van der Waals surface area contributed by atoms with Gasteiger partial charge in [0.25, 0.3) is 0 Å². The first-order valence-electron chi connectivity index (χ1n) is 8.70. The van der Waals surface area contributed by atoms with Gasteiger partial charge in [0.2, 0.25) is 0 Å². The van der Waals surface area contributed by atoms with Crippen molar-refractivity contribution in [1.29, 1.82) is 0 Å². The zero-order valence-electron chi connectivity index (χ0n) is 15.4. The van der Waals surface area contributed by atoms with Gasteiger partial charge in [-0.05, 0) is 74.9 Å². The number of ether oxygens (including phenoxy) is 1. The Morgan fingerprint density at radius 3 is 2.50 bits per heavy atom. The third kappa shape index (κ3) is 7.38. The van der Waals surface area contributed by atoms with E-state index in [-0.39, 0.29) is 12.0 Å². The molecule has 0 spiro atoms. The summed E-state index contributed by atoms with van der Waals surface area (Å²) in [6.07, 6.45) is 1.32. The Hall–Kier alpha value is -1.52. The number of halogens is 2. The molecule has 0 saturated heterocycles. The molecule has 1 atom stereocenters. The Bertz CT molecular complexity index is 726. The lowest BCUT2D eigenvalue weighted by Gasteiger charge is -2.21. The lowest BCUT2D eigenvalue weighted by atomic mass is 9.89. The minimum atomic E-state index is -0.489. The first-order chi connectivity index (χ1) is 12.2. The van der Waals surface area contributed by atoms with Crippen molar-refractivity contribution in [3.8, 4) is 0 Å². The maximum absolute atomic E-state index is 11.9. The van der Waals surface area contributed by atoms with E-state index in [1.165, 1.54) is 11.1 Å². The van der Waals surface area contributed by atoms with Gasteiger partial charge in [-0.3, -0.25) is 0 Å². The molecule has 0 aliphatic heterocycles. The van der Waals surface area contributed by atoms with Crippen LogP contribution in [0.1, 0.15) is 44.2 Å². The molecule has 1 N–H and O–H groups in total. The van der Waals surface area contributed by atoms with Crippen LogP contribution in [0.3, 0.4) is 0 Å². The summed E-state index contributed by atoms with van der Waals surface area (Å²) in [5, 5.41) is 3.59. The van der Waals surface area contributed by atoms with E-state index in [1.807, 2.05) is 45.0 Å². The van der Waals surface area contributed by atoms with Crippen LogP contribution in [0.2, 0.25) is 5.02 Å². The number of benzene rings is 2. The summed E-state index contributed by atoms with van der Waals surface area (Å²) in [5.74, 6) is 0.281. The Morgan fingerprint density at radius 2 is 1.88 bits per heavy atom. The molecule has 0 heterocycles. The van der Waals surface area contributed by atoms with Gasteiger partial charge in [0.05, 0.1) is 0 Å². The molecule has 1 amide bonds. The van der Waals surface area contributed by atoms with Crippen molar-refractivity contribution in [3.63, 3.8) is 0 Å². The Balaban J connectivity index is 2.03. The predicted octanol–water partition coefficient (Wildman–Crippen LogP) is 6.34. The molecule has 26 heavy (non-hydrogen) atoms. The highest BCUT2D eigenvalue weighted by atomic mass is 79.9. The largest absolute Gasteiger partial charge is 0.444 e. The zero-order chi connectivity index (χ0) is 19.2. The minimum Gasteiger partial charge on any atom is -0.444 e. The van der Waals surface area contributed by atoms with Crippen LogP contribution in [0, 0.1) is 0 Å². The molecule has 140 valence electrons. The fourth-order valence-electron chi connectivity index (χ4n) is 2.71. The van der Waals surface area contributed by atoms with Gasteiger partial charge in [0.1, 0.15) is 5.60 Å². The van der Waals surface area contributed by atoms with Crippen molar-refractivity contribution < 1.29 is 9.53 Å². The van der Waals surface area contributed by atoms with E-state index in [0.717, 1.165) is 22.3 Å². The topological polar surface area (TPSA) is 38.3 Å². The van der Waals surface area contributed by atoms with Gasteiger partial charge in [0.15, 0.2) is 0 Å². The van der Waals surface area contributed by atoms with E-state index in [4.69, 9.17) is 16.3 Å². The first-order valence-corrected chi connectivity index (χ1v) is 9.87. The maximum atomic E-state index is 11.9. The van der Waals surface area contributed by atoms with Crippen molar-refractivity contribution in [3.05, 3.63) is 69.2 Å². The summed E-state index contributed by atoms with van der Waals surface area (Å²) in [4.78, 5) is 11.9. The zero-order valence-corrected chi connectivity index (χ0v) is 17.7. The van der Waals surface area contributed by atoms with Gasteiger partial charge in [-0.15, -0.1) is 0 Å². The van der Waals surface area contributed by atoms with Gasteiger partial charge in [0, 0.05) is 16.0 Å². The fraction of sp³-hybridized carbons (Fsp3) is 0.381. The van der Waals surface area contributed by atoms with Crippen molar-refractivity contribution >= 4 is 33.6 Å². The van der Waals surface area contributed by atoms with E-state index in [9.17, 15) is 4.79 Å². The average Bonchev–Trinajstić information content (AvgIpc) is 2.54. The van der Waals surface area contributed by atoms with Crippen molar-refractivity contribution in [2.24, 2.45) is 0 Å². The molecule has 0 fully saturated rings. The standard InChI is InChI=1S/C21H25BrClNO2/c1-21(2,3)26-20(25)24-12-11-17(16-5-4-6-18(22)14-16)13-15-7-9-19(23)10-8-15/h4-10,14,17H,11-13H2,1-3H3,(H,24,25). The summed E-state index contributed by atoms with van der Waals surface area (Å²) in [6.45, 7) is 6.13. The summed E-state index contributed by atoms with van der Waals surface area (Å²) in [6, 6.07) is 16.2. The number of amides is 1. The molecule has 2 aromatic carbocycles. The van der Waals surface area contributed by atoms with Crippen LogP contribution in [0.4, 0.5) is 4.79 Å². The van der Waals surface area contributed by atoms with Crippen LogP contribution in [-0.2, 0) is 11.2 Å². The molecule has 0 aromatic heterocycles. The van der Waals surface area contributed by atoms with E-state index < -0.39 is 5.60 Å². The average molecular weight is 439 g/mol. The number of hydrogen-bond donors (Lipinski definition) is 1. The van der Waals surface area contributed by atoms with Crippen LogP contribution in [-0.4, -0.2) is 18.2 Å². The summed E-state index contributed by atoms with van der Waals surface area (Å²) in [5.41, 5.74) is 1.97. The van der Waals surface area contributed by atoms with Crippen LogP contribution in [0.25, 0.3) is 0 Å². The second-order valence-corrected chi connectivity index (χ2v) is 8.65. The van der Waals surface area contributed by atoms with E-state index >= 15 is 0 Å². The van der Waals surface area contributed by atoms with Gasteiger partial charge in [-0.2, -0.15) is 0 Å². The van der Waals surface area contributed by atoms with Gasteiger partial charge < -0.3 is 10.1 Å². The quantitative estimate of drug-likeness (QED) is 0.571. The number of carbonyl (C=O) groups excluding carboxylic acids is 1. The molecule has 3 nitrogen and oxygen atoms in total. The molecular weight excluding hydrogens is 414 g/mol. The van der Waals surface area contributed by atoms with Crippen LogP contribution < -0.4 is 5.32 Å². The van der Waals surface area contributed by atoms with E-state index in [1.54, 1.807) is 0 Å². The van der Waals surface area contributed by atoms with Crippen LogP contribution in [0.15, 0.2) is 53.0 Å². The monoisotopic (exact) mass is 437 g/mol. The lowest BCUT2D eigenvalue weighted by Crippen LogP contribution is -2.33. The fourth-order valence-corrected chi connectivity index (χ4v) is 3.26. The highest BCUT2D eigenvalue weighted by Gasteiger charge is 2.17. The van der Waals surface area contributed by atoms with Crippen LogP contribution >= 0.6 is 27.5 Å². The maximum Gasteiger partial charge on any atom is 0.407 e. The SMILES string of the molecule is CC(C)(C)OC(=O)NCCC(Cc1ccc(Cl)cc1)c1cccc(Br)c1. The van der Waals surface area contributed by atoms with E-state index in [0.29, 0.717) is 6.54 Å². The molecule has 0 bridgehead atoms. The van der Waals surface area contributed by atoms with Gasteiger partial charge >= 0.3 is 6.09 Å². The smallest absolute Gasteiger partial charge is 0.407 e. The summed E-state index contributed by atoms with van der Waals surface area (Å²) < 4.78 is 6.36. The third-order valence-corrected chi connectivity index (χ3v) is 4.62. The molecule has 1 unspecified atom stereocenters. The second-order valence-electron chi connectivity index (χ2n) is 7.30. The number of alkyl carbamates (subject to hydrolysis) is 1. The number of hydrogen-bond acceptors (Lipinski definition) is 2. The molecule has 5 heteroatoms. The van der Waals surface area contributed by atoms with Gasteiger partial charge in [-0.25, -0.2) is 4.79 Å². The second kappa shape index (κ2) is 9.43. The van der Waals surface area contributed by atoms with E-state index in [2.05, 4.69) is 45.5 Å². The molecule has 0 radical (unpaired) electrons. The third-order valence-electron chi connectivity index (χ3n) is 3.88. The molecule has 0 aliphatic rings. The number of rotatable bonds is 6. The summed E-state index contributed by atoms with van der Waals surface area (Å²) >= 11 is 9.53. The highest BCUT2D eigenvalue weighted by molar-refractivity contribution is 9.10. The molecule has 0 saturated carbocycles. The Morgan fingerprint density at radius 1 is 1.19 bits per heavy atom. The molecule has 0 aliphatic carbocycles. The highest BCUT2D eigenvalue weighted by Crippen LogP contribution is 2.27. The minimum absolute atomic E-state index is 0.281. The molecular formula is C21H25BrClNO2. The molecule has 2 rings (SSSR count). The number of nitrogens with one attached hydrogen (secondary N) is 1. The predicted molar refractivity (Wildman–Crippen MR) is 111 cm³/mol. The van der Waals surface area contributed by atoms with Crippen molar-refractivity contribution in [1.82, 2.24) is 5.32 Å². The van der Waals surface area contributed by atoms with Crippen molar-refractivity contribution in [2.75, 3.05) is 6.54 Å². The van der Waals surface area contributed by atoms with Gasteiger partial charge in [-0.1, -0.05) is 51.8 Å². The summed E-state index contributed by atoms with van der Waals surface area (Å²) in [7, 11) is 0. The van der Waals surface area contributed by atoms with Crippen molar-refractivity contribution in [2.45, 2.75) is 45.1 Å². The van der Waals surface area contributed by atoms with Crippen LogP contribution in [0.5, 0.6) is 0 Å². The lowest BCUT2D eigenvalue weighted by molar-refractivity contribution is 0.0526. The Labute approximate surface area is 169 Å². The normalized spacial score (nSPS) is 12.5. The first kappa shape index (κ1) is 20.8.